The average molecular weight is 441 g/mol. The van der Waals surface area contributed by atoms with Crippen molar-refractivity contribution < 1.29 is 24.0 Å². The Bertz CT molecular complexity index is 1180. The van der Waals surface area contributed by atoms with Crippen LogP contribution in [-0.4, -0.2) is 53.1 Å². The predicted molar refractivity (Wildman–Crippen MR) is 111 cm³/mol. The van der Waals surface area contributed by atoms with Crippen molar-refractivity contribution >= 4 is 46.9 Å². The molecule has 2 heterocycles. The van der Waals surface area contributed by atoms with Gasteiger partial charge in [-0.3, -0.25) is 29.0 Å². The first-order valence-corrected chi connectivity index (χ1v) is 9.66. The molecule has 1 unspecified atom stereocenters. The number of amides is 6. The number of carbonyl (C=O) groups is 5. The Kier molecular flexibility index (Phi) is 4.78. The first kappa shape index (κ1) is 20.5. The van der Waals surface area contributed by atoms with E-state index in [0.29, 0.717) is 10.6 Å². The molecule has 9 nitrogen and oxygen atoms in total. The number of hydrogen-bond acceptors (Lipinski definition) is 5. The van der Waals surface area contributed by atoms with Crippen LogP contribution in [-0.2, 0) is 15.1 Å². The Morgan fingerprint density at radius 3 is 2.48 bits per heavy atom. The van der Waals surface area contributed by atoms with Crippen molar-refractivity contribution in [3.05, 3.63) is 64.2 Å². The molecular formula is C21H17ClN4O5. The van der Waals surface area contributed by atoms with Gasteiger partial charge in [0.2, 0.25) is 5.91 Å². The minimum atomic E-state index is -1.35. The minimum Gasteiger partial charge on any atom is -0.325 e. The van der Waals surface area contributed by atoms with Gasteiger partial charge in [-0.2, -0.15) is 0 Å². The van der Waals surface area contributed by atoms with Crippen LogP contribution in [0.4, 0.5) is 10.5 Å². The van der Waals surface area contributed by atoms with Gasteiger partial charge in [-0.05, 0) is 42.8 Å². The monoisotopic (exact) mass is 440 g/mol. The lowest BCUT2D eigenvalue weighted by Crippen LogP contribution is -2.42. The fraction of sp³-hybridized carbons (Fsp3) is 0.190. The third kappa shape index (κ3) is 3.32. The summed E-state index contributed by atoms with van der Waals surface area (Å²) in [5.41, 5.74) is -0.171. The molecule has 0 bridgehead atoms. The lowest BCUT2D eigenvalue weighted by atomic mass is 9.92. The van der Waals surface area contributed by atoms with E-state index in [1.807, 2.05) is 0 Å². The number of imide groups is 2. The fourth-order valence-corrected chi connectivity index (χ4v) is 3.81. The molecule has 0 saturated carbocycles. The van der Waals surface area contributed by atoms with Crippen molar-refractivity contribution in [1.29, 1.82) is 0 Å². The van der Waals surface area contributed by atoms with Gasteiger partial charge in [-0.15, -0.1) is 0 Å². The minimum absolute atomic E-state index is 0.175. The normalized spacial score (nSPS) is 20.2. The highest BCUT2D eigenvalue weighted by molar-refractivity contribution is 6.30. The first-order valence-electron chi connectivity index (χ1n) is 9.28. The van der Waals surface area contributed by atoms with Crippen molar-refractivity contribution in [3.8, 4) is 0 Å². The third-order valence-electron chi connectivity index (χ3n) is 5.35. The Morgan fingerprint density at radius 2 is 1.77 bits per heavy atom. The third-order valence-corrected chi connectivity index (χ3v) is 5.59. The molecular weight excluding hydrogens is 424 g/mol. The van der Waals surface area contributed by atoms with Crippen molar-refractivity contribution in [2.24, 2.45) is 0 Å². The number of nitrogens with zero attached hydrogens (tertiary/aromatic N) is 2. The number of nitrogens with one attached hydrogen (secondary N) is 2. The largest absolute Gasteiger partial charge is 0.325 e. The van der Waals surface area contributed by atoms with Crippen LogP contribution < -0.4 is 10.6 Å². The zero-order valence-corrected chi connectivity index (χ0v) is 17.3. The van der Waals surface area contributed by atoms with Crippen LogP contribution >= 0.6 is 11.6 Å². The highest BCUT2D eigenvalue weighted by Gasteiger charge is 2.49. The van der Waals surface area contributed by atoms with Crippen LogP contribution in [0.5, 0.6) is 0 Å². The lowest BCUT2D eigenvalue weighted by Gasteiger charge is -2.22. The number of anilines is 1. The zero-order chi connectivity index (χ0) is 22.5. The smallest absolute Gasteiger partial charge is 0.325 e. The van der Waals surface area contributed by atoms with Crippen LogP contribution in [0.2, 0.25) is 5.02 Å². The van der Waals surface area contributed by atoms with E-state index in [0.717, 1.165) is 9.80 Å². The number of carbonyl (C=O) groups excluding carboxylic acids is 5. The standard InChI is InChI=1S/C21H17ClN4O5/c1-21(11-4-3-5-12(22)8-11)19(30)26(20(31)24-21)10-16(27)23-13-6-7-14-15(9-13)18(29)25(2)17(14)28/h3-9H,10H2,1-2H3,(H,23,27)(H,24,31). The average Bonchev–Trinajstić information content (AvgIpc) is 3.08. The van der Waals surface area contributed by atoms with Crippen LogP contribution in [0.3, 0.4) is 0 Å². The van der Waals surface area contributed by atoms with E-state index in [-0.39, 0.29) is 16.8 Å². The van der Waals surface area contributed by atoms with E-state index in [1.165, 1.54) is 32.2 Å². The van der Waals surface area contributed by atoms with E-state index < -0.39 is 41.7 Å². The van der Waals surface area contributed by atoms with Crippen molar-refractivity contribution in [2.75, 3.05) is 18.9 Å². The summed E-state index contributed by atoms with van der Waals surface area (Å²) in [4.78, 5) is 63.7. The molecule has 2 aromatic carbocycles. The maximum Gasteiger partial charge on any atom is 0.325 e. The van der Waals surface area contributed by atoms with Crippen molar-refractivity contribution in [2.45, 2.75) is 12.5 Å². The maximum absolute atomic E-state index is 12.9. The second-order valence-corrected chi connectivity index (χ2v) is 7.87. The topological polar surface area (TPSA) is 116 Å². The molecule has 2 aliphatic heterocycles. The molecule has 1 saturated heterocycles. The van der Waals surface area contributed by atoms with Crippen molar-refractivity contribution in [1.82, 2.24) is 15.1 Å². The summed E-state index contributed by atoms with van der Waals surface area (Å²) in [6.07, 6.45) is 0. The SMILES string of the molecule is CN1C(=O)c2ccc(NC(=O)CN3C(=O)NC(C)(c4cccc(Cl)c4)C3=O)cc2C1=O. The number of fused-ring (bicyclic) bond motifs is 1. The molecule has 1 atom stereocenters. The Balaban J connectivity index is 1.50. The second-order valence-electron chi connectivity index (χ2n) is 7.43. The molecule has 0 radical (unpaired) electrons. The summed E-state index contributed by atoms with van der Waals surface area (Å²) < 4.78 is 0. The molecule has 0 spiro atoms. The molecule has 158 valence electrons. The number of rotatable bonds is 4. The number of benzene rings is 2. The van der Waals surface area contributed by atoms with E-state index >= 15 is 0 Å². The lowest BCUT2D eigenvalue weighted by molar-refractivity contribution is -0.133. The highest BCUT2D eigenvalue weighted by Crippen LogP contribution is 2.30. The molecule has 2 aliphatic rings. The zero-order valence-electron chi connectivity index (χ0n) is 16.6. The molecule has 6 amide bonds. The van der Waals surface area contributed by atoms with E-state index in [9.17, 15) is 24.0 Å². The van der Waals surface area contributed by atoms with Gasteiger partial charge in [0.1, 0.15) is 12.1 Å². The summed E-state index contributed by atoms with van der Waals surface area (Å²) in [5.74, 6) is -2.12. The second kappa shape index (κ2) is 7.21. The summed E-state index contributed by atoms with van der Waals surface area (Å²) in [6, 6.07) is 10.1. The van der Waals surface area contributed by atoms with Crippen LogP contribution in [0.15, 0.2) is 42.5 Å². The number of hydrogen-bond donors (Lipinski definition) is 2. The summed E-state index contributed by atoms with van der Waals surface area (Å²) in [7, 11) is 1.37. The van der Waals surface area contributed by atoms with E-state index in [1.54, 1.807) is 24.3 Å². The van der Waals surface area contributed by atoms with Crippen molar-refractivity contribution in [3.63, 3.8) is 0 Å². The highest BCUT2D eigenvalue weighted by atomic mass is 35.5. The fourth-order valence-electron chi connectivity index (χ4n) is 3.62. The molecule has 1 fully saturated rings. The maximum atomic E-state index is 12.9. The molecule has 10 heteroatoms. The van der Waals surface area contributed by atoms with Gasteiger partial charge < -0.3 is 10.6 Å². The van der Waals surface area contributed by atoms with Crippen LogP contribution in [0.25, 0.3) is 0 Å². The van der Waals surface area contributed by atoms with Gasteiger partial charge in [-0.1, -0.05) is 23.7 Å². The molecule has 0 aromatic heterocycles. The Morgan fingerprint density at radius 1 is 1.06 bits per heavy atom. The van der Waals surface area contributed by atoms with Gasteiger partial charge in [-0.25, -0.2) is 4.79 Å². The summed E-state index contributed by atoms with van der Waals surface area (Å²) in [6.45, 7) is 1.01. The Labute approximate surface area is 181 Å². The van der Waals surface area contributed by atoms with Crippen LogP contribution in [0, 0.1) is 0 Å². The molecule has 2 N–H and O–H groups in total. The number of halogens is 1. The van der Waals surface area contributed by atoms with E-state index in [4.69, 9.17) is 11.6 Å². The van der Waals surface area contributed by atoms with Crippen LogP contribution in [0.1, 0.15) is 33.2 Å². The molecule has 31 heavy (non-hydrogen) atoms. The summed E-state index contributed by atoms with van der Waals surface area (Å²) in [5, 5.41) is 5.56. The van der Waals surface area contributed by atoms with E-state index in [2.05, 4.69) is 10.6 Å². The van der Waals surface area contributed by atoms with Gasteiger partial charge in [0.15, 0.2) is 0 Å². The quantitative estimate of drug-likeness (QED) is 0.557. The molecule has 0 aliphatic carbocycles. The van der Waals surface area contributed by atoms with Gasteiger partial charge in [0, 0.05) is 17.8 Å². The molecule has 2 aromatic rings. The summed E-state index contributed by atoms with van der Waals surface area (Å²) >= 11 is 6.00. The van der Waals surface area contributed by atoms with Gasteiger partial charge >= 0.3 is 6.03 Å². The number of urea groups is 1. The first-order chi connectivity index (χ1) is 14.6. The Hall–Kier alpha value is -3.72. The van der Waals surface area contributed by atoms with Gasteiger partial charge in [0.25, 0.3) is 17.7 Å². The molecule has 4 rings (SSSR count). The predicted octanol–water partition coefficient (Wildman–Crippen LogP) is 1.97. The van der Waals surface area contributed by atoms with Gasteiger partial charge in [0.05, 0.1) is 11.1 Å².